The Hall–Kier alpha value is -1.42. The van der Waals surface area contributed by atoms with Crippen molar-refractivity contribution in [1.82, 2.24) is 0 Å². The Labute approximate surface area is 123 Å². The molecule has 4 heteroatoms. The zero-order chi connectivity index (χ0) is 16.0. The van der Waals surface area contributed by atoms with E-state index in [1.54, 1.807) is 0 Å². The van der Waals surface area contributed by atoms with E-state index in [0.717, 1.165) is 6.42 Å². The fourth-order valence-electron chi connectivity index (χ4n) is 2.10. The Morgan fingerprint density at radius 2 is 1.55 bits per heavy atom. The van der Waals surface area contributed by atoms with Gasteiger partial charge in [-0.15, -0.1) is 0 Å². The van der Waals surface area contributed by atoms with Crippen molar-refractivity contribution >= 4 is 0 Å². The second-order valence-electron chi connectivity index (χ2n) is 7.84. The van der Waals surface area contributed by atoms with Crippen LogP contribution in [0, 0.1) is 44.8 Å². The summed E-state index contributed by atoms with van der Waals surface area (Å²) in [6.45, 7) is 15.3. The van der Waals surface area contributed by atoms with Crippen molar-refractivity contribution in [2.24, 2.45) is 32.4 Å². The molecule has 0 aromatic rings. The molecule has 0 aliphatic rings. The summed E-state index contributed by atoms with van der Waals surface area (Å²) in [5.74, 6) is -0.132. The highest BCUT2D eigenvalue weighted by molar-refractivity contribution is 5.08. The van der Waals surface area contributed by atoms with Crippen LogP contribution in [0.4, 0.5) is 0 Å². The Morgan fingerprint density at radius 1 is 1.00 bits per heavy atom. The number of nitriles is 2. The fraction of sp³-hybridized carbons (Fsp3) is 0.875. The first kappa shape index (κ1) is 18.6. The first-order valence-electron chi connectivity index (χ1n) is 7.11. The maximum atomic E-state index is 9.73. The molecule has 0 rings (SSSR count). The lowest BCUT2D eigenvalue weighted by Gasteiger charge is -2.41. The van der Waals surface area contributed by atoms with Crippen molar-refractivity contribution < 1.29 is 0 Å². The van der Waals surface area contributed by atoms with Gasteiger partial charge in [0.25, 0.3) is 0 Å². The summed E-state index contributed by atoms with van der Waals surface area (Å²) >= 11 is 0. The van der Waals surface area contributed by atoms with Gasteiger partial charge in [0.1, 0.15) is 0 Å². The molecule has 0 heterocycles. The van der Waals surface area contributed by atoms with Crippen LogP contribution in [-0.2, 0) is 0 Å². The summed E-state index contributed by atoms with van der Waals surface area (Å²) in [5.41, 5.74) is -0.655. The van der Waals surface area contributed by atoms with E-state index in [0.29, 0.717) is 13.1 Å². The fourth-order valence-corrected chi connectivity index (χ4v) is 2.10. The third-order valence-electron chi connectivity index (χ3n) is 3.50. The van der Waals surface area contributed by atoms with Crippen LogP contribution in [0.25, 0.3) is 0 Å². The zero-order valence-corrected chi connectivity index (χ0v) is 14.0. The van der Waals surface area contributed by atoms with E-state index in [-0.39, 0.29) is 16.7 Å². The minimum Gasteiger partial charge on any atom is -0.198 e. The summed E-state index contributed by atoms with van der Waals surface area (Å²) in [6, 6.07) is 4.62. The van der Waals surface area contributed by atoms with Crippen LogP contribution >= 0.6 is 0 Å². The number of nitrogens with zero attached hydrogens (tertiary/aromatic N) is 4. The van der Waals surface area contributed by atoms with Gasteiger partial charge < -0.3 is 0 Å². The smallest absolute Gasteiger partial charge is 0.0839 e. The molecule has 0 amide bonds. The molecule has 2 unspecified atom stereocenters. The van der Waals surface area contributed by atoms with Crippen LogP contribution < -0.4 is 0 Å². The maximum Gasteiger partial charge on any atom is 0.0839 e. The lowest BCUT2D eigenvalue weighted by atomic mass is 9.61. The summed E-state index contributed by atoms with van der Waals surface area (Å²) in [4.78, 5) is 0. The van der Waals surface area contributed by atoms with Gasteiger partial charge in [0.05, 0.1) is 36.6 Å². The molecule has 0 spiro atoms. The van der Waals surface area contributed by atoms with Gasteiger partial charge in [-0.25, -0.2) is 0 Å². The Bertz CT molecular complexity index is 412. The molecule has 4 nitrogen and oxygen atoms in total. The van der Waals surface area contributed by atoms with Crippen LogP contribution in [0.3, 0.4) is 0 Å². The largest absolute Gasteiger partial charge is 0.198 e. The minimum absolute atomic E-state index is 0.0540. The van der Waals surface area contributed by atoms with Gasteiger partial charge in [-0.1, -0.05) is 41.5 Å². The second-order valence-corrected chi connectivity index (χ2v) is 7.84. The highest BCUT2D eigenvalue weighted by atomic mass is 15.1. The molecule has 0 fully saturated rings. The summed E-state index contributed by atoms with van der Waals surface area (Å²) in [7, 11) is 0. The zero-order valence-electron chi connectivity index (χ0n) is 14.0. The van der Waals surface area contributed by atoms with Crippen LogP contribution in [0.1, 0.15) is 54.9 Å². The average Bonchev–Trinajstić information content (AvgIpc) is 2.29. The third-order valence-corrected chi connectivity index (χ3v) is 3.50. The standard InChI is InChI=1S/C16H28N4/c1-13(8-17)9-19-20-12-16(11-18,15(5,6)7)10-14(2,3)4/h13H,9-10,12H2,1-7H3. The van der Waals surface area contributed by atoms with Crippen LogP contribution in [0.2, 0.25) is 0 Å². The van der Waals surface area contributed by atoms with Gasteiger partial charge in [-0.2, -0.15) is 20.8 Å². The van der Waals surface area contributed by atoms with Crippen molar-refractivity contribution in [1.29, 1.82) is 10.5 Å². The summed E-state index contributed by atoms with van der Waals surface area (Å²) < 4.78 is 0. The van der Waals surface area contributed by atoms with E-state index in [1.165, 1.54) is 0 Å². The number of rotatable bonds is 5. The van der Waals surface area contributed by atoms with Crippen molar-refractivity contribution in [3.63, 3.8) is 0 Å². The minimum atomic E-state index is -0.537. The lowest BCUT2D eigenvalue weighted by molar-refractivity contribution is 0.100. The number of azo groups is 1. The predicted molar refractivity (Wildman–Crippen MR) is 80.9 cm³/mol. The monoisotopic (exact) mass is 276 g/mol. The van der Waals surface area contributed by atoms with Gasteiger partial charge in [0.2, 0.25) is 0 Å². The molecule has 0 aliphatic heterocycles. The van der Waals surface area contributed by atoms with E-state index >= 15 is 0 Å². The normalized spacial score (nSPS) is 17.2. The molecule has 0 radical (unpaired) electrons. The molecule has 2 atom stereocenters. The first-order chi connectivity index (χ1) is 8.97. The van der Waals surface area contributed by atoms with Crippen molar-refractivity contribution in [2.45, 2.75) is 54.9 Å². The van der Waals surface area contributed by atoms with Crippen LogP contribution in [0.5, 0.6) is 0 Å². The van der Waals surface area contributed by atoms with Gasteiger partial charge in [-0.05, 0) is 24.2 Å². The highest BCUT2D eigenvalue weighted by Crippen LogP contribution is 2.46. The van der Waals surface area contributed by atoms with E-state index < -0.39 is 5.41 Å². The highest BCUT2D eigenvalue weighted by Gasteiger charge is 2.45. The van der Waals surface area contributed by atoms with Gasteiger partial charge in [0.15, 0.2) is 0 Å². The van der Waals surface area contributed by atoms with Crippen molar-refractivity contribution in [2.75, 3.05) is 13.1 Å². The molecule has 112 valence electrons. The molecule has 0 aliphatic carbocycles. The van der Waals surface area contributed by atoms with Crippen molar-refractivity contribution in [3.8, 4) is 12.1 Å². The molecule has 0 aromatic carbocycles. The molecule has 0 saturated carbocycles. The maximum absolute atomic E-state index is 9.73. The summed E-state index contributed by atoms with van der Waals surface area (Å²) in [5, 5.41) is 26.7. The van der Waals surface area contributed by atoms with E-state index in [4.69, 9.17) is 5.26 Å². The summed E-state index contributed by atoms with van der Waals surface area (Å²) in [6.07, 6.45) is 0.771. The van der Waals surface area contributed by atoms with E-state index in [2.05, 4.69) is 63.9 Å². The van der Waals surface area contributed by atoms with E-state index in [9.17, 15) is 5.26 Å². The predicted octanol–water partition coefficient (Wildman–Crippen LogP) is 4.59. The van der Waals surface area contributed by atoms with Gasteiger partial charge in [-0.3, -0.25) is 0 Å². The second kappa shape index (κ2) is 6.84. The Balaban J connectivity index is 5.08. The number of hydrogen-bond donors (Lipinski definition) is 0. The lowest BCUT2D eigenvalue weighted by Crippen LogP contribution is -2.40. The van der Waals surface area contributed by atoms with E-state index in [1.807, 2.05) is 6.92 Å². The molecular formula is C16H28N4. The molecule has 0 bridgehead atoms. The molecular weight excluding hydrogens is 248 g/mol. The first-order valence-corrected chi connectivity index (χ1v) is 7.11. The molecule has 0 N–H and O–H groups in total. The van der Waals surface area contributed by atoms with Crippen LogP contribution in [-0.4, -0.2) is 13.1 Å². The molecule has 0 aromatic heterocycles. The van der Waals surface area contributed by atoms with Gasteiger partial charge >= 0.3 is 0 Å². The van der Waals surface area contributed by atoms with Crippen LogP contribution in [0.15, 0.2) is 10.2 Å². The molecule has 20 heavy (non-hydrogen) atoms. The average molecular weight is 276 g/mol. The quantitative estimate of drug-likeness (QED) is 0.689. The van der Waals surface area contributed by atoms with Gasteiger partial charge in [0, 0.05) is 0 Å². The molecule has 0 saturated heterocycles. The number of hydrogen-bond acceptors (Lipinski definition) is 4. The topological polar surface area (TPSA) is 72.3 Å². The third kappa shape index (κ3) is 5.70. The SMILES string of the molecule is CC(C#N)CN=NCC(C#N)(CC(C)(C)C)C(C)(C)C. The Morgan fingerprint density at radius 3 is 1.90 bits per heavy atom. The van der Waals surface area contributed by atoms with Crippen molar-refractivity contribution in [3.05, 3.63) is 0 Å². The Kier molecular flexibility index (Phi) is 6.35.